The van der Waals surface area contributed by atoms with Crippen LogP contribution in [0.1, 0.15) is 43.8 Å². The molecule has 0 radical (unpaired) electrons. The van der Waals surface area contributed by atoms with Crippen LogP contribution < -0.4 is 5.73 Å². The summed E-state index contributed by atoms with van der Waals surface area (Å²) in [5, 5.41) is 0. The molecule has 0 aliphatic rings. The van der Waals surface area contributed by atoms with Crippen molar-refractivity contribution in [2.45, 2.75) is 40.7 Å². The molecule has 3 heteroatoms. The molecule has 92 valence electrons. The largest absolute Gasteiger partial charge is 0.341 e. The Kier molecular flexibility index (Phi) is 2.74. The number of fused-ring (bicyclic) bond motifs is 1. The number of hydrogen-bond acceptors (Lipinski definition) is 2. The molecular weight excluding hydrogens is 210 g/mol. The molecule has 0 fully saturated rings. The summed E-state index contributed by atoms with van der Waals surface area (Å²) in [7, 11) is 0. The van der Waals surface area contributed by atoms with E-state index in [4.69, 9.17) is 5.73 Å². The predicted molar refractivity (Wildman–Crippen MR) is 72.0 cm³/mol. The van der Waals surface area contributed by atoms with Crippen LogP contribution in [0, 0.1) is 19.3 Å². The summed E-state index contributed by atoms with van der Waals surface area (Å²) in [6.07, 6.45) is 0. The van der Waals surface area contributed by atoms with Crippen molar-refractivity contribution in [3.63, 3.8) is 0 Å². The highest BCUT2D eigenvalue weighted by Gasteiger charge is 2.25. The molecule has 1 atom stereocenters. The average Bonchev–Trinajstić information content (AvgIpc) is 2.59. The summed E-state index contributed by atoms with van der Waals surface area (Å²) in [6.45, 7) is 10.6. The summed E-state index contributed by atoms with van der Waals surface area (Å²) in [6, 6.07) is 4.17. The Morgan fingerprint density at radius 3 is 2.35 bits per heavy atom. The van der Waals surface area contributed by atoms with Crippen molar-refractivity contribution >= 4 is 11.0 Å². The highest BCUT2D eigenvalue weighted by Crippen LogP contribution is 2.30. The van der Waals surface area contributed by atoms with Crippen molar-refractivity contribution in [1.29, 1.82) is 0 Å². The molecule has 17 heavy (non-hydrogen) atoms. The van der Waals surface area contributed by atoms with Crippen LogP contribution in [0.15, 0.2) is 12.1 Å². The van der Waals surface area contributed by atoms with Gasteiger partial charge in [0.15, 0.2) is 0 Å². The Morgan fingerprint density at radius 1 is 1.18 bits per heavy atom. The van der Waals surface area contributed by atoms with Gasteiger partial charge in [0.1, 0.15) is 5.82 Å². The quantitative estimate of drug-likeness (QED) is 0.791. The number of aromatic nitrogens is 2. The third-order valence-electron chi connectivity index (χ3n) is 3.34. The van der Waals surface area contributed by atoms with Crippen LogP contribution in [0.25, 0.3) is 11.0 Å². The van der Waals surface area contributed by atoms with E-state index in [0.717, 1.165) is 16.9 Å². The van der Waals surface area contributed by atoms with Crippen LogP contribution in [0.5, 0.6) is 0 Å². The summed E-state index contributed by atoms with van der Waals surface area (Å²) < 4.78 is 0. The van der Waals surface area contributed by atoms with Gasteiger partial charge >= 0.3 is 0 Å². The molecular formula is C14H21N3. The van der Waals surface area contributed by atoms with Gasteiger partial charge in [-0.1, -0.05) is 20.8 Å². The summed E-state index contributed by atoms with van der Waals surface area (Å²) in [5.74, 6) is 0.873. The Bertz CT molecular complexity index is 507. The van der Waals surface area contributed by atoms with Gasteiger partial charge in [0.25, 0.3) is 0 Å². The Labute approximate surface area is 102 Å². The predicted octanol–water partition coefficient (Wildman–Crippen LogP) is 3.23. The normalized spacial score (nSPS) is 14.2. The molecule has 2 aromatic rings. The zero-order chi connectivity index (χ0) is 12.8. The first-order valence-electron chi connectivity index (χ1n) is 6.01. The number of H-pyrrole nitrogens is 1. The van der Waals surface area contributed by atoms with E-state index in [-0.39, 0.29) is 11.5 Å². The van der Waals surface area contributed by atoms with E-state index in [1.54, 1.807) is 0 Å². The monoisotopic (exact) mass is 231 g/mol. The Hall–Kier alpha value is -1.35. The van der Waals surface area contributed by atoms with E-state index in [1.807, 2.05) is 0 Å². The number of nitrogens with two attached hydrogens (primary N) is 1. The molecule has 0 spiro atoms. The number of hydrogen-bond donors (Lipinski definition) is 2. The van der Waals surface area contributed by atoms with Gasteiger partial charge in [-0.15, -0.1) is 0 Å². The van der Waals surface area contributed by atoms with Crippen molar-refractivity contribution < 1.29 is 0 Å². The second-order valence-electron chi connectivity index (χ2n) is 5.92. The molecule has 2 rings (SSSR count). The number of nitrogens with one attached hydrogen (secondary N) is 1. The minimum Gasteiger partial charge on any atom is -0.341 e. The highest BCUT2D eigenvalue weighted by atomic mass is 15.0. The number of rotatable bonds is 1. The van der Waals surface area contributed by atoms with Gasteiger partial charge in [0, 0.05) is 0 Å². The van der Waals surface area contributed by atoms with Crippen molar-refractivity contribution in [3.8, 4) is 0 Å². The average molecular weight is 231 g/mol. The fraction of sp³-hybridized carbons (Fsp3) is 0.500. The molecule has 1 unspecified atom stereocenters. The standard InChI is InChI=1S/C14H21N3/c1-8-6-10-11(7-9(8)2)17-13(16-10)12(15)14(3,4)5/h6-7,12H,15H2,1-5H3,(H,16,17). The zero-order valence-electron chi connectivity index (χ0n) is 11.3. The lowest BCUT2D eigenvalue weighted by Gasteiger charge is -2.24. The Morgan fingerprint density at radius 2 is 1.76 bits per heavy atom. The van der Waals surface area contributed by atoms with Gasteiger partial charge in [0.2, 0.25) is 0 Å². The molecule has 1 aromatic heterocycles. The van der Waals surface area contributed by atoms with E-state index in [0.29, 0.717) is 0 Å². The molecule has 0 aliphatic carbocycles. The van der Waals surface area contributed by atoms with Gasteiger partial charge in [-0.05, 0) is 42.5 Å². The van der Waals surface area contributed by atoms with E-state index in [2.05, 4.69) is 56.7 Å². The first kappa shape index (κ1) is 12.1. The molecule has 0 saturated carbocycles. The van der Waals surface area contributed by atoms with Crippen LogP contribution in [0.3, 0.4) is 0 Å². The molecule has 3 N–H and O–H groups in total. The van der Waals surface area contributed by atoms with E-state index < -0.39 is 0 Å². The molecule has 1 aromatic carbocycles. The number of aromatic amines is 1. The van der Waals surface area contributed by atoms with Gasteiger partial charge in [-0.3, -0.25) is 0 Å². The highest BCUT2D eigenvalue weighted by molar-refractivity contribution is 5.77. The van der Waals surface area contributed by atoms with E-state index >= 15 is 0 Å². The SMILES string of the molecule is Cc1cc2nc(C(N)C(C)(C)C)[nH]c2cc1C. The van der Waals surface area contributed by atoms with Crippen molar-refractivity contribution in [2.75, 3.05) is 0 Å². The van der Waals surface area contributed by atoms with E-state index in [9.17, 15) is 0 Å². The maximum atomic E-state index is 6.22. The first-order valence-corrected chi connectivity index (χ1v) is 6.01. The van der Waals surface area contributed by atoms with Crippen molar-refractivity contribution in [3.05, 3.63) is 29.1 Å². The minimum absolute atomic E-state index is 0.0119. The maximum absolute atomic E-state index is 6.22. The van der Waals surface area contributed by atoms with Crippen LogP contribution in [0.2, 0.25) is 0 Å². The van der Waals surface area contributed by atoms with Crippen LogP contribution in [0.4, 0.5) is 0 Å². The molecule has 0 aliphatic heterocycles. The summed E-state index contributed by atoms with van der Waals surface area (Å²) in [4.78, 5) is 7.93. The minimum atomic E-state index is -0.0736. The number of aryl methyl sites for hydroxylation is 2. The van der Waals surface area contributed by atoms with Gasteiger partial charge in [-0.2, -0.15) is 0 Å². The number of benzene rings is 1. The lowest BCUT2D eigenvalue weighted by molar-refractivity contribution is 0.317. The van der Waals surface area contributed by atoms with Crippen LogP contribution >= 0.6 is 0 Å². The van der Waals surface area contributed by atoms with Gasteiger partial charge in [-0.25, -0.2) is 4.98 Å². The second kappa shape index (κ2) is 3.84. The van der Waals surface area contributed by atoms with Crippen molar-refractivity contribution in [2.24, 2.45) is 11.1 Å². The number of nitrogens with zero attached hydrogens (tertiary/aromatic N) is 1. The van der Waals surface area contributed by atoms with Gasteiger partial charge in [0.05, 0.1) is 17.1 Å². The lowest BCUT2D eigenvalue weighted by atomic mass is 9.87. The fourth-order valence-electron chi connectivity index (χ4n) is 1.85. The molecule has 1 heterocycles. The van der Waals surface area contributed by atoms with Gasteiger partial charge < -0.3 is 10.7 Å². The Balaban J connectivity index is 2.52. The molecule has 0 saturated heterocycles. The fourth-order valence-corrected chi connectivity index (χ4v) is 1.85. The third-order valence-corrected chi connectivity index (χ3v) is 3.34. The molecule has 0 bridgehead atoms. The number of imidazole rings is 1. The third kappa shape index (κ3) is 2.20. The van der Waals surface area contributed by atoms with E-state index in [1.165, 1.54) is 11.1 Å². The summed E-state index contributed by atoms with van der Waals surface area (Å²) in [5.41, 5.74) is 10.8. The van der Waals surface area contributed by atoms with Crippen molar-refractivity contribution in [1.82, 2.24) is 9.97 Å². The van der Waals surface area contributed by atoms with Crippen LogP contribution in [-0.4, -0.2) is 9.97 Å². The maximum Gasteiger partial charge on any atom is 0.124 e. The first-order chi connectivity index (χ1) is 7.79. The zero-order valence-corrected chi connectivity index (χ0v) is 11.3. The molecule has 3 nitrogen and oxygen atoms in total. The van der Waals surface area contributed by atoms with Crippen LogP contribution in [-0.2, 0) is 0 Å². The molecule has 0 amide bonds. The lowest BCUT2D eigenvalue weighted by Crippen LogP contribution is -2.27. The smallest absolute Gasteiger partial charge is 0.124 e. The second-order valence-corrected chi connectivity index (χ2v) is 5.92. The summed E-state index contributed by atoms with van der Waals surface area (Å²) >= 11 is 0. The topological polar surface area (TPSA) is 54.7 Å².